The van der Waals surface area contributed by atoms with Crippen LogP contribution in [0.1, 0.15) is 0 Å². The van der Waals surface area contributed by atoms with Crippen molar-refractivity contribution in [3.05, 3.63) is 37.8 Å². The van der Waals surface area contributed by atoms with Crippen molar-refractivity contribution in [2.75, 3.05) is 19.0 Å². The van der Waals surface area contributed by atoms with Crippen LogP contribution in [0.2, 0.25) is 0 Å². The first kappa shape index (κ1) is 13.3. The van der Waals surface area contributed by atoms with Crippen molar-refractivity contribution < 1.29 is 21.7 Å². The molecule has 0 amide bonds. The maximum Gasteiger partial charge on any atom is 2.00 e. The van der Waals surface area contributed by atoms with Crippen molar-refractivity contribution in [1.82, 2.24) is 0 Å². The Kier molecular flexibility index (Phi) is 7.81. The number of nitrogens with zero attached hydrogens (tertiary/aromatic N) is 1. The second kappa shape index (κ2) is 6.44. The van der Waals surface area contributed by atoms with Gasteiger partial charge in [-0.2, -0.15) is 24.3 Å². The molecular formula is C9H13NTi. The smallest absolute Gasteiger partial charge is 0.400 e. The Morgan fingerprint density at radius 3 is 2.18 bits per heavy atom. The molecule has 1 nitrogen and oxygen atoms in total. The largest absolute Gasteiger partial charge is 2.00 e. The summed E-state index contributed by atoms with van der Waals surface area (Å²) in [6, 6.07) is 11.0. The van der Waals surface area contributed by atoms with Crippen molar-refractivity contribution >= 4 is 5.69 Å². The zero-order valence-electron chi connectivity index (χ0n) is 7.26. The minimum Gasteiger partial charge on any atom is -0.400 e. The summed E-state index contributed by atoms with van der Waals surface area (Å²) in [5, 5.41) is 0. The van der Waals surface area contributed by atoms with Crippen molar-refractivity contribution in [2.24, 2.45) is 0 Å². The maximum absolute atomic E-state index is 3.09. The van der Waals surface area contributed by atoms with Gasteiger partial charge in [0.2, 0.25) is 0 Å². The Morgan fingerprint density at radius 1 is 1.27 bits per heavy atom. The molecule has 0 radical (unpaired) electrons. The molecule has 0 heterocycles. The number of anilines is 1. The molecule has 1 aromatic rings. The van der Waals surface area contributed by atoms with Gasteiger partial charge in [-0.3, -0.25) is 0 Å². The van der Waals surface area contributed by atoms with Crippen LogP contribution in [0.4, 0.5) is 5.69 Å². The second-order valence-electron chi connectivity index (χ2n) is 2.14. The molecule has 0 aromatic heterocycles. The van der Waals surface area contributed by atoms with Crippen LogP contribution in [0.15, 0.2) is 24.3 Å². The van der Waals surface area contributed by atoms with E-state index in [1.807, 2.05) is 43.3 Å². The summed E-state index contributed by atoms with van der Waals surface area (Å²) in [7, 11) is 4.01. The van der Waals surface area contributed by atoms with E-state index in [2.05, 4.69) is 6.07 Å². The van der Waals surface area contributed by atoms with E-state index in [0.717, 1.165) is 5.69 Å². The minimum absolute atomic E-state index is 0. The van der Waals surface area contributed by atoms with Crippen LogP contribution in [0.3, 0.4) is 0 Å². The fraction of sp³-hybridized carbons (Fsp3) is 0.222. The van der Waals surface area contributed by atoms with Crippen LogP contribution < -0.4 is 4.90 Å². The number of hydrogen-bond acceptors (Lipinski definition) is 1. The average molecular weight is 183 g/mol. The Bertz CT molecular complexity index is 172. The van der Waals surface area contributed by atoms with Crippen LogP contribution in [0, 0.1) is 13.5 Å². The van der Waals surface area contributed by atoms with E-state index in [1.165, 1.54) is 0 Å². The van der Waals surface area contributed by atoms with E-state index in [-0.39, 0.29) is 29.1 Å². The van der Waals surface area contributed by atoms with Gasteiger partial charge < -0.3 is 12.3 Å². The molecule has 11 heavy (non-hydrogen) atoms. The molecule has 0 saturated heterocycles. The molecule has 0 bridgehead atoms. The molecule has 0 aliphatic rings. The first-order valence-corrected chi connectivity index (χ1v) is 2.95. The van der Waals surface area contributed by atoms with Gasteiger partial charge in [0.25, 0.3) is 0 Å². The molecule has 0 unspecified atom stereocenters. The number of rotatable bonds is 1. The molecule has 0 atom stereocenters. The van der Waals surface area contributed by atoms with Gasteiger partial charge in [-0.1, -0.05) is 5.69 Å². The molecule has 0 saturated carbocycles. The van der Waals surface area contributed by atoms with E-state index in [0.29, 0.717) is 0 Å². The molecule has 2 heteroatoms. The summed E-state index contributed by atoms with van der Waals surface area (Å²) in [6.45, 7) is 0. The quantitative estimate of drug-likeness (QED) is 0.475. The maximum atomic E-state index is 3.09. The summed E-state index contributed by atoms with van der Waals surface area (Å²) < 4.78 is 0. The number of hydrogen-bond donors (Lipinski definition) is 0. The van der Waals surface area contributed by atoms with Crippen molar-refractivity contribution in [3.63, 3.8) is 0 Å². The Labute approximate surface area is 84.3 Å². The SMILES string of the molecule is CN(C)c1[c-]cccc1.[CH3-].[Ti+2]. The molecular weight excluding hydrogens is 170 g/mol. The van der Waals surface area contributed by atoms with Gasteiger partial charge in [0, 0.05) is 14.1 Å². The molecule has 0 aliphatic heterocycles. The van der Waals surface area contributed by atoms with E-state index < -0.39 is 0 Å². The van der Waals surface area contributed by atoms with Gasteiger partial charge in [-0.15, -0.1) is 6.07 Å². The fourth-order valence-corrected chi connectivity index (χ4v) is 0.662. The monoisotopic (exact) mass is 183 g/mol. The number of para-hydroxylation sites is 1. The van der Waals surface area contributed by atoms with Crippen LogP contribution in [-0.2, 0) is 21.7 Å². The predicted octanol–water partition coefficient (Wildman–Crippen LogP) is 2.00. The molecule has 1 aromatic carbocycles. The molecule has 0 N–H and O–H groups in total. The predicted molar refractivity (Wildman–Crippen MR) is 46.0 cm³/mol. The minimum atomic E-state index is 0. The van der Waals surface area contributed by atoms with Gasteiger partial charge in [0.05, 0.1) is 0 Å². The van der Waals surface area contributed by atoms with Gasteiger partial charge in [-0.05, 0) is 0 Å². The Hall–Kier alpha value is -0.266. The first-order chi connectivity index (χ1) is 4.30. The van der Waals surface area contributed by atoms with Crippen LogP contribution in [0.5, 0.6) is 0 Å². The zero-order chi connectivity index (χ0) is 6.69. The Morgan fingerprint density at radius 2 is 1.91 bits per heavy atom. The fourth-order valence-electron chi connectivity index (χ4n) is 0.662. The van der Waals surface area contributed by atoms with Gasteiger partial charge >= 0.3 is 21.7 Å². The third kappa shape index (κ3) is 4.23. The van der Waals surface area contributed by atoms with E-state index in [9.17, 15) is 0 Å². The standard InChI is InChI=1S/C8H10N.CH3.Ti/c1-9(2)8-6-4-3-5-7-8;;/h3-6H,1-2H3;1H3;/q2*-1;+2. The topological polar surface area (TPSA) is 3.24 Å². The van der Waals surface area contributed by atoms with E-state index >= 15 is 0 Å². The molecule has 58 valence electrons. The molecule has 0 fully saturated rings. The first-order valence-electron chi connectivity index (χ1n) is 2.95. The normalized spacial score (nSPS) is 7.45. The summed E-state index contributed by atoms with van der Waals surface area (Å²) in [6.07, 6.45) is 0. The van der Waals surface area contributed by atoms with Crippen LogP contribution in [-0.4, -0.2) is 14.1 Å². The van der Waals surface area contributed by atoms with Gasteiger partial charge in [-0.25, -0.2) is 0 Å². The third-order valence-electron chi connectivity index (χ3n) is 1.17. The molecule has 0 aliphatic carbocycles. The van der Waals surface area contributed by atoms with E-state index in [1.54, 1.807) is 0 Å². The van der Waals surface area contributed by atoms with E-state index in [4.69, 9.17) is 0 Å². The van der Waals surface area contributed by atoms with Crippen molar-refractivity contribution in [2.45, 2.75) is 0 Å². The molecule has 1 rings (SSSR count). The zero-order valence-corrected chi connectivity index (χ0v) is 8.82. The second-order valence-corrected chi connectivity index (χ2v) is 2.14. The third-order valence-corrected chi connectivity index (χ3v) is 1.17. The summed E-state index contributed by atoms with van der Waals surface area (Å²) in [5.41, 5.74) is 1.12. The summed E-state index contributed by atoms with van der Waals surface area (Å²) in [4.78, 5) is 2.03. The van der Waals surface area contributed by atoms with Crippen LogP contribution >= 0.6 is 0 Å². The van der Waals surface area contributed by atoms with Crippen molar-refractivity contribution in [1.29, 1.82) is 0 Å². The average Bonchev–Trinajstić information content (AvgIpc) is 1.90. The Balaban J connectivity index is 0. The van der Waals surface area contributed by atoms with Gasteiger partial charge in [0.15, 0.2) is 0 Å². The van der Waals surface area contributed by atoms with Crippen molar-refractivity contribution in [3.8, 4) is 0 Å². The molecule has 0 spiro atoms. The number of benzene rings is 1. The summed E-state index contributed by atoms with van der Waals surface area (Å²) in [5.74, 6) is 0. The summed E-state index contributed by atoms with van der Waals surface area (Å²) >= 11 is 0. The van der Waals surface area contributed by atoms with Gasteiger partial charge in [0.1, 0.15) is 0 Å². The van der Waals surface area contributed by atoms with Crippen LogP contribution in [0.25, 0.3) is 0 Å².